The summed E-state index contributed by atoms with van der Waals surface area (Å²) < 4.78 is 5.32. The lowest BCUT2D eigenvalue weighted by molar-refractivity contribution is 0.0968. The van der Waals surface area contributed by atoms with Crippen LogP contribution < -0.4 is 0 Å². The van der Waals surface area contributed by atoms with E-state index in [4.69, 9.17) is 10.00 Å². The number of hydrogen-bond acceptors (Lipinski definition) is 2. The van der Waals surface area contributed by atoms with Crippen molar-refractivity contribution in [3.63, 3.8) is 0 Å². The van der Waals surface area contributed by atoms with Crippen LogP contribution in [0.25, 0.3) is 0 Å². The van der Waals surface area contributed by atoms with Crippen LogP contribution >= 0.6 is 0 Å². The molecule has 124 valence electrons. The van der Waals surface area contributed by atoms with Crippen LogP contribution in [0.4, 0.5) is 0 Å². The van der Waals surface area contributed by atoms with Crippen LogP contribution in [0, 0.1) is 29.1 Å². The first-order valence-electron chi connectivity index (χ1n) is 9.29. The third-order valence-electron chi connectivity index (χ3n) is 6.24. The van der Waals surface area contributed by atoms with Crippen molar-refractivity contribution in [3.8, 4) is 6.07 Å². The van der Waals surface area contributed by atoms with E-state index in [2.05, 4.69) is 18.2 Å². The van der Waals surface area contributed by atoms with Crippen LogP contribution in [-0.2, 0) is 4.74 Å². The Hall–Kier alpha value is -1.33. The smallest absolute Gasteiger partial charge is 0.0991 e. The van der Waals surface area contributed by atoms with Gasteiger partial charge < -0.3 is 4.74 Å². The second-order valence-electron chi connectivity index (χ2n) is 7.58. The zero-order valence-electron chi connectivity index (χ0n) is 14.3. The molecule has 23 heavy (non-hydrogen) atoms. The van der Waals surface area contributed by atoms with Crippen molar-refractivity contribution in [2.24, 2.45) is 17.8 Å². The van der Waals surface area contributed by atoms with Gasteiger partial charge in [0.15, 0.2) is 0 Å². The molecule has 2 heteroatoms. The Morgan fingerprint density at radius 1 is 0.913 bits per heavy atom. The summed E-state index contributed by atoms with van der Waals surface area (Å²) in [6.45, 7) is 0.957. The van der Waals surface area contributed by atoms with Crippen LogP contribution in [-0.4, -0.2) is 13.7 Å². The monoisotopic (exact) mass is 311 g/mol. The molecule has 0 aliphatic heterocycles. The third kappa shape index (κ3) is 4.15. The van der Waals surface area contributed by atoms with Crippen molar-refractivity contribution >= 4 is 0 Å². The first-order valence-corrected chi connectivity index (χ1v) is 9.29. The van der Waals surface area contributed by atoms with Gasteiger partial charge in [-0.1, -0.05) is 12.1 Å². The summed E-state index contributed by atoms with van der Waals surface area (Å²) in [5.41, 5.74) is 2.21. The molecule has 2 fully saturated rings. The van der Waals surface area contributed by atoms with Gasteiger partial charge in [-0.25, -0.2) is 0 Å². The summed E-state index contributed by atoms with van der Waals surface area (Å²) in [4.78, 5) is 0. The Kier molecular flexibility index (Phi) is 5.73. The average Bonchev–Trinajstić information content (AvgIpc) is 2.63. The minimum atomic E-state index is 0.712. The highest BCUT2D eigenvalue weighted by atomic mass is 16.5. The topological polar surface area (TPSA) is 33.0 Å². The van der Waals surface area contributed by atoms with Gasteiger partial charge in [-0.05, 0) is 92.7 Å². The van der Waals surface area contributed by atoms with E-state index in [0.717, 1.165) is 29.9 Å². The van der Waals surface area contributed by atoms with Gasteiger partial charge in [0.25, 0.3) is 0 Å². The zero-order chi connectivity index (χ0) is 16.1. The SMILES string of the molecule is COCC1CCC(C2CCC(c3ccc(C#N)cc3)CC2)CC1. The Bertz CT molecular complexity index is 514. The van der Waals surface area contributed by atoms with Crippen molar-refractivity contribution in [3.05, 3.63) is 35.4 Å². The molecule has 0 bridgehead atoms. The Morgan fingerprint density at radius 2 is 1.48 bits per heavy atom. The lowest BCUT2D eigenvalue weighted by Crippen LogP contribution is -2.26. The standard InChI is InChI=1S/C21H29NO/c1-23-15-17-4-8-19(9-5-17)21-12-10-20(11-13-21)18-6-2-16(14-22)3-7-18/h2-3,6-7,17,19-21H,4-5,8-13,15H2,1H3. The van der Waals surface area contributed by atoms with Gasteiger partial charge in [0.05, 0.1) is 11.6 Å². The highest BCUT2D eigenvalue weighted by Crippen LogP contribution is 2.43. The second kappa shape index (κ2) is 7.97. The van der Waals surface area contributed by atoms with Gasteiger partial charge >= 0.3 is 0 Å². The summed E-state index contributed by atoms with van der Waals surface area (Å²) in [5.74, 6) is 3.44. The van der Waals surface area contributed by atoms with Crippen molar-refractivity contribution < 1.29 is 4.74 Å². The summed E-state index contributed by atoms with van der Waals surface area (Å²) in [7, 11) is 1.83. The number of hydrogen-bond donors (Lipinski definition) is 0. The molecule has 0 amide bonds. The van der Waals surface area contributed by atoms with Gasteiger partial charge in [-0.15, -0.1) is 0 Å². The van der Waals surface area contributed by atoms with E-state index in [9.17, 15) is 0 Å². The van der Waals surface area contributed by atoms with Crippen molar-refractivity contribution in [2.75, 3.05) is 13.7 Å². The maximum absolute atomic E-state index is 8.91. The van der Waals surface area contributed by atoms with Gasteiger partial charge in [-0.2, -0.15) is 5.26 Å². The number of ether oxygens (including phenoxy) is 1. The highest BCUT2D eigenvalue weighted by Gasteiger charge is 2.31. The van der Waals surface area contributed by atoms with Gasteiger partial charge in [0.1, 0.15) is 0 Å². The van der Waals surface area contributed by atoms with E-state index in [-0.39, 0.29) is 0 Å². The fourth-order valence-electron chi connectivity index (χ4n) is 4.82. The number of methoxy groups -OCH3 is 1. The number of benzene rings is 1. The predicted octanol–water partition coefficient (Wildman–Crippen LogP) is 5.28. The van der Waals surface area contributed by atoms with Crippen LogP contribution in [0.1, 0.15) is 68.4 Å². The van der Waals surface area contributed by atoms with E-state index in [0.29, 0.717) is 5.92 Å². The lowest BCUT2D eigenvalue weighted by Gasteiger charge is -2.38. The summed E-state index contributed by atoms with van der Waals surface area (Å²) >= 11 is 0. The Morgan fingerprint density at radius 3 is 2.00 bits per heavy atom. The van der Waals surface area contributed by atoms with Gasteiger partial charge in [0.2, 0.25) is 0 Å². The van der Waals surface area contributed by atoms with E-state index < -0.39 is 0 Å². The summed E-state index contributed by atoms with van der Waals surface area (Å²) in [6.07, 6.45) is 11.0. The molecule has 0 N–H and O–H groups in total. The minimum Gasteiger partial charge on any atom is -0.384 e. The molecule has 2 aliphatic carbocycles. The molecule has 2 saturated carbocycles. The molecule has 2 aliphatic rings. The van der Waals surface area contributed by atoms with Crippen LogP contribution in [0.5, 0.6) is 0 Å². The van der Waals surface area contributed by atoms with Gasteiger partial charge in [0, 0.05) is 13.7 Å². The molecule has 2 nitrogen and oxygen atoms in total. The van der Waals surface area contributed by atoms with Crippen molar-refractivity contribution in [1.82, 2.24) is 0 Å². The fraction of sp³-hybridized carbons (Fsp3) is 0.667. The van der Waals surface area contributed by atoms with Crippen LogP contribution in [0.3, 0.4) is 0 Å². The normalized spacial score (nSPS) is 31.5. The first kappa shape index (κ1) is 16.5. The molecule has 0 unspecified atom stereocenters. The lowest BCUT2D eigenvalue weighted by atomic mass is 9.68. The predicted molar refractivity (Wildman–Crippen MR) is 93.2 cm³/mol. The molecule has 3 rings (SSSR count). The average molecular weight is 311 g/mol. The fourth-order valence-corrected chi connectivity index (χ4v) is 4.82. The zero-order valence-corrected chi connectivity index (χ0v) is 14.3. The molecular formula is C21H29NO. The quantitative estimate of drug-likeness (QED) is 0.757. The molecule has 0 saturated heterocycles. The number of nitrogens with zero attached hydrogens (tertiary/aromatic N) is 1. The van der Waals surface area contributed by atoms with E-state index in [1.165, 1.54) is 56.9 Å². The second-order valence-corrected chi connectivity index (χ2v) is 7.58. The Balaban J connectivity index is 1.48. The highest BCUT2D eigenvalue weighted by molar-refractivity contribution is 5.33. The summed E-state index contributed by atoms with van der Waals surface area (Å²) in [6, 6.07) is 10.5. The Labute approximate surface area is 140 Å². The van der Waals surface area contributed by atoms with Crippen molar-refractivity contribution in [2.45, 2.75) is 57.3 Å². The molecule has 0 spiro atoms. The largest absolute Gasteiger partial charge is 0.384 e. The first-order chi connectivity index (χ1) is 11.3. The molecule has 0 aromatic heterocycles. The van der Waals surface area contributed by atoms with Crippen LogP contribution in [0.2, 0.25) is 0 Å². The molecule has 0 atom stereocenters. The minimum absolute atomic E-state index is 0.712. The third-order valence-corrected chi connectivity index (χ3v) is 6.24. The maximum atomic E-state index is 8.91. The van der Waals surface area contributed by atoms with Crippen molar-refractivity contribution in [1.29, 1.82) is 5.26 Å². The molecule has 0 heterocycles. The van der Waals surface area contributed by atoms with Gasteiger partial charge in [-0.3, -0.25) is 0 Å². The number of rotatable bonds is 4. The maximum Gasteiger partial charge on any atom is 0.0991 e. The molecule has 0 radical (unpaired) electrons. The molecular weight excluding hydrogens is 282 g/mol. The van der Waals surface area contributed by atoms with Crippen LogP contribution in [0.15, 0.2) is 24.3 Å². The summed E-state index contributed by atoms with van der Waals surface area (Å²) in [5, 5.41) is 8.91. The number of nitriles is 1. The molecule has 1 aromatic rings. The molecule has 1 aromatic carbocycles. The van der Waals surface area contributed by atoms with E-state index >= 15 is 0 Å². The van der Waals surface area contributed by atoms with E-state index in [1.54, 1.807) is 0 Å². The van der Waals surface area contributed by atoms with E-state index in [1.807, 2.05) is 19.2 Å².